The molecule has 1 saturated carbocycles. The monoisotopic (exact) mass is 183 g/mol. The molecule has 0 aromatic heterocycles. The fourth-order valence-corrected chi connectivity index (χ4v) is 2.52. The van der Waals surface area contributed by atoms with Gasteiger partial charge < -0.3 is 10.0 Å². The Balaban J connectivity index is 1.76. The Morgan fingerprint density at radius 1 is 1.38 bits per heavy atom. The highest BCUT2D eigenvalue weighted by Crippen LogP contribution is 2.33. The SMILES string of the molecule is O=C(O)CC1CCC(N2CCC2)C1. The third-order valence-corrected chi connectivity index (χ3v) is 3.38. The van der Waals surface area contributed by atoms with E-state index >= 15 is 0 Å². The second-order valence-corrected chi connectivity index (χ2v) is 4.32. The number of carboxylic acid groups (broad SMARTS) is 1. The third-order valence-electron chi connectivity index (χ3n) is 3.38. The fraction of sp³-hybridized carbons (Fsp3) is 0.900. The van der Waals surface area contributed by atoms with Crippen LogP contribution in [0.1, 0.15) is 32.1 Å². The van der Waals surface area contributed by atoms with E-state index in [9.17, 15) is 4.79 Å². The van der Waals surface area contributed by atoms with Crippen LogP contribution in [0.4, 0.5) is 0 Å². The van der Waals surface area contributed by atoms with Crippen molar-refractivity contribution in [2.75, 3.05) is 13.1 Å². The van der Waals surface area contributed by atoms with Gasteiger partial charge >= 0.3 is 5.97 Å². The zero-order chi connectivity index (χ0) is 9.26. The molecule has 2 atom stereocenters. The van der Waals surface area contributed by atoms with Gasteiger partial charge in [-0.1, -0.05) is 0 Å². The first-order chi connectivity index (χ1) is 6.25. The topological polar surface area (TPSA) is 40.5 Å². The first kappa shape index (κ1) is 9.00. The molecule has 0 radical (unpaired) electrons. The van der Waals surface area contributed by atoms with Gasteiger partial charge in [0.05, 0.1) is 0 Å². The van der Waals surface area contributed by atoms with Crippen LogP contribution >= 0.6 is 0 Å². The van der Waals surface area contributed by atoms with Gasteiger partial charge in [0.2, 0.25) is 0 Å². The maximum Gasteiger partial charge on any atom is 0.303 e. The summed E-state index contributed by atoms with van der Waals surface area (Å²) in [6.07, 6.45) is 5.17. The van der Waals surface area contributed by atoms with Gasteiger partial charge in [0, 0.05) is 12.5 Å². The first-order valence-corrected chi connectivity index (χ1v) is 5.21. The quantitative estimate of drug-likeness (QED) is 0.717. The normalized spacial score (nSPS) is 34.5. The highest BCUT2D eigenvalue weighted by atomic mass is 16.4. The van der Waals surface area contributed by atoms with Crippen LogP contribution in [0.2, 0.25) is 0 Å². The van der Waals surface area contributed by atoms with Crippen LogP contribution in [0, 0.1) is 5.92 Å². The maximum absolute atomic E-state index is 10.5. The molecule has 1 aliphatic carbocycles. The number of hydrogen-bond acceptors (Lipinski definition) is 2. The first-order valence-electron chi connectivity index (χ1n) is 5.21. The molecular weight excluding hydrogens is 166 g/mol. The van der Waals surface area contributed by atoms with E-state index in [1.165, 1.54) is 25.9 Å². The third kappa shape index (κ3) is 2.02. The van der Waals surface area contributed by atoms with Crippen molar-refractivity contribution in [1.82, 2.24) is 4.90 Å². The van der Waals surface area contributed by atoms with Gasteiger partial charge in [0.15, 0.2) is 0 Å². The molecule has 0 aromatic carbocycles. The number of hydrogen-bond donors (Lipinski definition) is 1. The van der Waals surface area contributed by atoms with Crippen molar-refractivity contribution in [2.24, 2.45) is 5.92 Å². The van der Waals surface area contributed by atoms with Crippen LogP contribution in [0.25, 0.3) is 0 Å². The lowest BCUT2D eigenvalue weighted by Crippen LogP contribution is -2.43. The smallest absolute Gasteiger partial charge is 0.303 e. The summed E-state index contributed by atoms with van der Waals surface area (Å²) >= 11 is 0. The summed E-state index contributed by atoms with van der Waals surface area (Å²) in [5.74, 6) is -0.183. The van der Waals surface area contributed by atoms with Crippen molar-refractivity contribution in [3.05, 3.63) is 0 Å². The summed E-state index contributed by atoms with van der Waals surface area (Å²) in [5, 5.41) is 8.66. The number of carboxylic acids is 1. The molecule has 13 heavy (non-hydrogen) atoms. The molecule has 3 heteroatoms. The Morgan fingerprint density at radius 2 is 2.15 bits per heavy atom. The predicted octanol–water partition coefficient (Wildman–Crippen LogP) is 1.34. The highest BCUT2D eigenvalue weighted by molar-refractivity contribution is 5.67. The van der Waals surface area contributed by atoms with Gasteiger partial charge in [-0.2, -0.15) is 0 Å². The standard InChI is InChI=1S/C10H17NO2/c12-10(13)7-8-2-3-9(6-8)11-4-1-5-11/h8-9H,1-7H2,(H,12,13). The molecule has 1 aliphatic heterocycles. The molecule has 1 saturated heterocycles. The van der Waals surface area contributed by atoms with E-state index in [1.807, 2.05) is 0 Å². The molecule has 0 amide bonds. The summed E-state index contributed by atoms with van der Waals surface area (Å²) in [6.45, 7) is 2.48. The number of likely N-dealkylation sites (tertiary alicyclic amines) is 1. The molecule has 3 nitrogen and oxygen atoms in total. The van der Waals surface area contributed by atoms with Gasteiger partial charge in [-0.05, 0) is 44.7 Å². The molecule has 74 valence electrons. The molecule has 2 aliphatic rings. The molecule has 0 bridgehead atoms. The second-order valence-electron chi connectivity index (χ2n) is 4.32. The summed E-state index contributed by atoms with van der Waals surface area (Å²) in [7, 11) is 0. The minimum atomic E-state index is -0.630. The molecule has 2 unspecified atom stereocenters. The molecule has 1 N–H and O–H groups in total. The fourth-order valence-electron chi connectivity index (χ4n) is 2.52. The van der Waals surface area contributed by atoms with Crippen LogP contribution in [-0.2, 0) is 4.79 Å². The average Bonchev–Trinajstić information content (AvgIpc) is 2.31. The maximum atomic E-state index is 10.5. The summed E-state index contributed by atoms with van der Waals surface area (Å²) < 4.78 is 0. The summed E-state index contributed by atoms with van der Waals surface area (Å²) in [6, 6.07) is 0.707. The van der Waals surface area contributed by atoms with E-state index in [-0.39, 0.29) is 0 Å². The Kier molecular flexibility index (Phi) is 2.54. The molecule has 1 heterocycles. The van der Waals surface area contributed by atoms with E-state index < -0.39 is 5.97 Å². The largest absolute Gasteiger partial charge is 0.481 e. The van der Waals surface area contributed by atoms with Crippen molar-refractivity contribution in [3.63, 3.8) is 0 Å². The van der Waals surface area contributed by atoms with Crippen LogP contribution in [0.15, 0.2) is 0 Å². The molecule has 2 fully saturated rings. The van der Waals surface area contributed by atoms with Crippen LogP contribution in [-0.4, -0.2) is 35.1 Å². The van der Waals surface area contributed by atoms with Crippen molar-refractivity contribution in [2.45, 2.75) is 38.1 Å². The van der Waals surface area contributed by atoms with Crippen LogP contribution < -0.4 is 0 Å². The lowest BCUT2D eigenvalue weighted by molar-refractivity contribution is -0.138. The number of rotatable bonds is 3. The minimum absolute atomic E-state index is 0.379. The summed E-state index contributed by atoms with van der Waals surface area (Å²) in [4.78, 5) is 13.0. The zero-order valence-corrected chi connectivity index (χ0v) is 7.91. The lowest BCUT2D eigenvalue weighted by Gasteiger charge is -2.36. The molecule has 0 spiro atoms. The van der Waals surface area contributed by atoms with Crippen molar-refractivity contribution in [1.29, 1.82) is 0 Å². The van der Waals surface area contributed by atoms with E-state index in [1.54, 1.807) is 0 Å². The van der Waals surface area contributed by atoms with Gasteiger partial charge in [-0.3, -0.25) is 4.79 Å². The zero-order valence-electron chi connectivity index (χ0n) is 7.91. The predicted molar refractivity (Wildman–Crippen MR) is 49.6 cm³/mol. The van der Waals surface area contributed by atoms with Crippen molar-refractivity contribution < 1.29 is 9.90 Å². The van der Waals surface area contributed by atoms with Gasteiger partial charge in [0.1, 0.15) is 0 Å². The number of aliphatic carboxylic acids is 1. The Bertz CT molecular complexity index is 201. The molecule has 2 rings (SSSR count). The second kappa shape index (κ2) is 3.66. The summed E-state index contributed by atoms with van der Waals surface area (Å²) in [5.41, 5.74) is 0. The average molecular weight is 183 g/mol. The van der Waals surface area contributed by atoms with Crippen molar-refractivity contribution in [3.8, 4) is 0 Å². The van der Waals surface area contributed by atoms with Gasteiger partial charge in [-0.25, -0.2) is 0 Å². The number of nitrogens with zero attached hydrogens (tertiary/aromatic N) is 1. The lowest BCUT2D eigenvalue weighted by atomic mass is 10.0. The van der Waals surface area contributed by atoms with Crippen LogP contribution in [0.3, 0.4) is 0 Å². The van der Waals surface area contributed by atoms with Gasteiger partial charge in [-0.15, -0.1) is 0 Å². The van der Waals surface area contributed by atoms with E-state index in [0.717, 1.165) is 12.8 Å². The van der Waals surface area contributed by atoms with Crippen molar-refractivity contribution >= 4 is 5.97 Å². The molecular formula is C10H17NO2. The Morgan fingerprint density at radius 3 is 2.69 bits per heavy atom. The minimum Gasteiger partial charge on any atom is -0.481 e. The van der Waals surface area contributed by atoms with E-state index in [4.69, 9.17) is 5.11 Å². The molecule has 0 aromatic rings. The van der Waals surface area contributed by atoms with Crippen LogP contribution in [0.5, 0.6) is 0 Å². The Hall–Kier alpha value is -0.570. The van der Waals surface area contributed by atoms with Gasteiger partial charge in [0.25, 0.3) is 0 Å². The van der Waals surface area contributed by atoms with E-state index in [2.05, 4.69) is 4.90 Å². The Labute approximate surface area is 78.7 Å². The number of carbonyl (C=O) groups is 1. The highest BCUT2D eigenvalue weighted by Gasteiger charge is 2.32. The van der Waals surface area contributed by atoms with E-state index in [0.29, 0.717) is 18.4 Å².